The third kappa shape index (κ3) is 4.36. The van der Waals surface area contributed by atoms with Crippen molar-refractivity contribution in [3.63, 3.8) is 0 Å². The number of carbonyl (C=O) groups is 1. The number of hydrogen-bond acceptors (Lipinski definition) is 4. The minimum Gasteiger partial charge on any atom is -0.469 e. The van der Waals surface area contributed by atoms with Gasteiger partial charge < -0.3 is 14.1 Å². The van der Waals surface area contributed by atoms with Gasteiger partial charge in [-0.1, -0.05) is 0 Å². The zero-order valence-electron chi connectivity index (χ0n) is 9.15. The monoisotopic (exact) mass is 233 g/mol. The Morgan fingerprint density at radius 3 is 2.67 bits per heavy atom. The molecule has 0 aliphatic heterocycles. The predicted octanol–water partition coefficient (Wildman–Crippen LogP) is 1.73. The largest absolute Gasteiger partial charge is 0.469 e. The van der Waals surface area contributed by atoms with Crippen LogP contribution in [0.3, 0.4) is 0 Å². The molecule has 0 spiro atoms. The first-order valence-corrected chi connectivity index (χ1v) is 4.47. The van der Waals surface area contributed by atoms with Crippen molar-refractivity contribution in [3.8, 4) is 0 Å². The SMILES string of the molecule is Cc1occc1C(=O)OCCN(C)C.Cl. The summed E-state index contributed by atoms with van der Waals surface area (Å²) in [5.41, 5.74) is 0.503. The minimum absolute atomic E-state index is 0. The maximum absolute atomic E-state index is 11.4. The van der Waals surface area contributed by atoms with Gasteiger partial charge in [-0.15, -0.1) is 12.4 Å². The van der Waals surface area contributed by atoms with Crippen LogP contribution in [-0.4, -0.2) is 38.1 Å². The highest BCUT2D eigenvalue weighted by Crippen LogP contribution is 2.09. The zero-order chi connectivity index (χ0) is 10.6. The van der Waals surface area contributed by atoms with Crippen molar-refractivity contribution in [3.05, 3.63) is 23.7 Å². The molecular weight excluding hydrogens is 218 g/mol. The van der Waals surface area contributed by atoms with Crippen LogP contribution in [0.25, 0.3) is 0 Å². The standard InChI is InChI=1S/C10H15NO3.ClH/c1-8-9(4-6-13-8)10(12)14-7-5-11(2)3;/h4,6H,5,7H2,1-3H3;1H. The van der Waals surface area contributed by atoms with Gasteiger partial charge in [-0.25, -0.2) is 4.79 Å². The van der Waals surface area contributed by atoms with Crippen LogP contribution in [0.4, 0.5) is 0 Å². The first-order chi connectivity index (χ1) is 6.61. The van der Waals surface area contributed by atoms with E-state index in [2.05, 4.69) is 0 Å². The van der Waals surface area contributed by atoms with Crippen LogP contribution in [0.2, 0.25) is 0 Å². The first-order valence-electron chi connectivity index (χ1n) is 4.47. The molecule has 0 fully saturated rings. The molecule has 0 radical (unpaired) electrons. The topological polar surface area (TPSA) is 42.7 Å². The van der Waals surface area contributed by atoms with Gasteiger partial charge in [0.05, 0.1) is 6.26 Å². The van der Waals surface area contributed by atoms with E-state index in [0.29, 0.717) is 17.9 Å². The quantitative estimate of drug-likeness (QED) is 0.743. The van der Waals surface area contributed by atoms with Crippen molar-refractivity contribution in [2.24, 2.45) is 0 Å². The molecule has 0 saturated carbocycles. The Morgan fingerprint density at radius 2 is 2.20 bits per heavy atom. The van der Waals surface area contributed by atoms with Crippen LogP contribution in [0.15, 0.2) is 16.7 Å². The molecule has 0 atom stereocenters. The second-order valence-electron chi connectivity index (χ2n) is 3.33. The fraction of sp³-hybridized carbons (Fsp3) is 0.500. The van der Waals surface area contributed by atoms with E-state index in [0.717, 1.165) is 6.54 Å². The second-order valence-corrected chi connectivity index (χ2v) is 3.33. The molecule has 1 heterocycles. The summed E-state index contributed by atoms with van der Waals surface area (Å²) in [6.07, 6.45) is 1.48. The number of carbonyl (C=O) groups excluding carboxylic acids is 1. The highest BCUT2D eigenvalue weighted by Gasteiger charge is 2.12. The Balaban J connectivity index is 0.00000196. The lowest BCUT2D eigenvalue weighted by atomic mass is 10.3. The molecule has 1 aromatic heterocycles. The van der Waals surface area contributed by atoms with Crippen LogP contribution in [0.1, 0.15) is 16.1 Å². The van der Waals surface area contributed by atoms with Crippen LogP contribution >= 0.6 is 12.4 Å². The third-order valence-corrected chi connectivity index (χ3v) is 1.85. The molecule has 0 bridgehead atoms. The lowest BCUT2D eigenvalue weighted by Crippen LogP contribution is -2.20. The second kappa shape index (κ2) is 6.48. The zero-order valence-corrected chi connectivity index (χ0v) is 9.97. The highest BCUT2D eigenvalue weighted by atomic mass is 35.5. The molecular formula is C10H16ClNO3. The number of furan rings is 1. The molecule has 0 aromatic carbocycles. The van der Waals surface area contributed by atoms with E-state index in [-0.39, 0.29) is 18.4 Å². The van der Waals surface area contributed by atoms with E-state index >= 15 is 0 Å². The lowest BCUT2D eigenvalue weighted by Gasteiger charge is -2.09. The summed E-state index contributed by atoms with van der Waals surface area (Å²) in [5, 5.41) is 0. The smallest absolute Gasteiger partial charge is 0.341 e. The number of ether oxygens (including phenoxy) is 1. The van der Waals surface area contributed by atoms with E-state index in [9.17, 15) is 4.79 Å². The van der Waals surface area contributed by atoms with Gasteiger partial charge in [-0.2, -0.15) is 0 Å². The molecule has 1 aromatic rings. The molecule has 5 heteroatoms. The molecule has 0 aliphatic carbocycles. The number of esters is 1. The lowest BCUT2D eigenvalue weighted by molar-refractivity contribution is 0.0480. The van der Waals surface area contributed by atoms with Gasteiger partial charge in [0.1, 0.15) is 17.9 Å². The highest BCUT2D eigenvalue weighted by molar-refractivity contribution is 5.90. The van der Waals surface area contributed by atoms with Gasteiger partial charge in [-0.3, -0.25) is 0 Å². The summed E-state index contributed by atoms with van der Waals surface area (Å²) < 4.78 is 10.0. The summed E-state index contributed by atoms with van der Waals surface area (Å²) in [6.45, 7) is 2.86. The van der Waals surface area contributed by atoms with Gasteiger partial charge in [0, 0.05) is 6.54 Å². The molecule has 0 N–H and O–H groups in total. The van der Waals surface area contributed by atoms with Crippen LogP contribution in [0, 0.1) is 6.92 Å². The Kier molecular flexibility index (Phi) is 6.05. The summed E-state index contributed by atoms with van der Waals surface area (Å²) in [6, 6.07) is 1.62. The molecule has 86 valence electrons. The number of nitrogens with zero attached hydrogens (tertiary/aromatic N) is 1. The van der Waals surface area contributed by atoms with Crippen molar-refractivity contribution in [1.29, 1.82) is 0 Å². The molecule has 0 saturated heterocycles. The van der Waals surface area contributed by atoms with Crippen LogP contribution in [-0.2, 0) is 4.74 Å². The number of likely N-dealkylation sites (N-methyl/N-ethyl adjacent to an activating group) is 1. The van der Waals surface area contributed by atoms with E-state index in [1.165, 1.54) is 6.26 Å². The van der Waals surface area contributed by atoms with E-state index in [1.807, 2.05) is 19.0 Å². The van der Waals surface area contributed by atoms with Crippen molar-refractivity contribution in [2.45, 2.75) is 6.92 Å². The molecule has 4 nitrogen and oxygen atoms in total. The molecule has 0 amide bonds. The van der Waals surface area contributed by atoms with E-state index in [1.54, 1.807) is 13.0 Å². The van der Waals surface area contributed by atoms with Gasteiger partial charge >= 0.3 is 5.97 Å². The normalized spacial score (nSPS) is 9.87. The first kappa shape index (κ1) is 14.0. The van der Waals surface area contributed by atoms with Crippen molar-refractivity contribution < 1.29 is 13.9 Å². The van der Waals surface area contributed by atoms with Gasteiger partial charge in [-0.05, 0) is 27.1 Å². The van der Waals surface area contributed by atoms with Crippen molar-refractivity contribution in [1.82, 2.24) is 4.90 Å². The number of aryl methyl sites for hydroxylation is 1. The molecule has 15 heavy (non-hydrogen) atoms. The molecule has 0 aliphatic rings. The predicted molar refractivity (Wildman–Crippen MR) is 59.5 cm³/mol. The molecule has 0 unspecified atom stereocenters. The third-order valence-electron chi connectivity index (χ3n) is 1.85. The van der Waals surface area contributed by atoms with Gasteiger partial charge in [0.2, 0.25) is 0 Å². The Hall–Kier alpha value is -1.00. The summed E-state index contributed by atoms with van der Waals surface area (Å²) in [5.74, 6) is 0.276. The van der Waals surface area contributed by atoms with Crippen molar-refractivity contribution in [2.75, 3.05) is 27.2 Å². The van der Waals surface area contributed by atoms with Crippen LogP contribution in [0.5, 0.6) is 0 Å². The fourth-order valence-electron chi connectivity index (χ4n) is 0.995. The average Bonchev–Trinajstić information content (AvgIpc) is 2.50. The Morgan fingerprint density at radius 1 is 1.53 bits per heavy atom. The maximum atomic E-state index is 11.4. The average molecular weight is 234 g/mol. The molecule has 1 rings (SSSR count). The summed E-state index contributed by atoms with van der Waals surface area (Å²) in [4.78, 5) is 13.4. The Labute approximate surface area is 95.6 Å². The number of rotatable bonds is 4. The van der Waals surface area contributed by atoms with Crippen molar-refractivity contribution >= 4 is 18.4 Å². The summed E-state index contributed by atoms with van der Waals surface area (Å²) >= 11 is 0. The van der Waals surface area contributed by atoms with Crippen LogP contribution < -0.4 is 0 Å². The number of hydrogen-bond donors (Lipinski definition) is 0. The minimum atomic E-state index is -0.321. The van der Waals surface area contributed by atoms with E-state index in [4.69, 9.17) is 9.15 Å². The fourth-order valence-corrected chi connectivity index (χ4v) is 0.995. The van der Waals surface area contributed by atoms with E-state index < -0.39 is 0 Å². The van der Waals surface area contributed by atoms with Gasteiger partial charge in [0.25, 0.3) is 0 Å². The summed E-state index contributed by atoms with van der Waals surface area (Å²) in [7, 11) is 3.86. The number of halogens is 1. The maximum Gasteiger partial charge on any atom is 0.341 e. The van der Waals surface area contributed by atoms with Gasteiger partial charge in [0.15, 0.2) is 0 Å². The Bertz CT molecular complexity index is 309.